The fourth-order valence-electron chi connectivity index (χ4n) is 3.55. The second kappa shape index (κ2) is 9.09. The molecule has 4 rings (SSSR count). The van der Waals surface area contributed by atoms with Crippen molar-refractivity contribution in [3.05, 3.63) is 85.3 Å². The summed E-state index contributed by atoms with van der Waals surface area (Å²) in [4.78, 5) is 44.2. The molecule has 7 nitrogen and oxygen atoms in total. The highest BCUT2D eigenvalue weighted by atomic mass is 79.9. The molecule has 1 saturated heterocycles. The summed E-state index contributed by atoms with van der Waals surface area (Å²) < 4.78 is 5.51. The van der Waals surface area contributed by atoms with Gasteiger partial charge in [-0.25, -0.2) is 9.78 Å². The molecule has 1 aromatic heterocycles. The molecular weight excluding hydrogens is 532 g/mol. The maximum atomic E-state index is 13.2. The summed E-state index contributed by atoms with van der Waals surface area (Å²) in [7, 11) is 1.25. The number of carbonyl (C=O) groups is 3. The van der Waals surface area contributed by atoms with Crippen LogP contribution in [0.1, 0.15) is 32.5 Å². The van der Waals surface area contributed by atoms with Crippen molar-refractivity contribution in [2.24, 2.45) is 0 Å². The Labute approximate surface area is 206 Å². The Kier molecular flexibility index (Phi) is 6.38. The number of nitrogens with zero attached hydrogens (tertiary/aromatic N) is 2. The van der Waals surface area contributed by atoms with Crippen LogP contribution < -0.4 is 4.90 Å². The Hall–Kier alpha value is -3.01. The van der Waals surface area contributed by atoms with Crippen LogP contribution in [0.15, 0.2) is 58.6 Å². The lowest BCUT2D eigenvalue weighted by molar-refractivity contribution is -0.132. The van der Waals surface area contributed by atoms with Crippen molar-refractivity contribution >= 4 is 67.4 Å². The number of hydrogen-bond acceptors (Lipinski definition) is 7. The third-order valence-electron chi connectivity index (χ3n) is 5.09. The molecule has 0 saturated carbocycles. The van der Waals surface area contributed by atoms with E-state index in [1.54, 1.807) is 55.5 Å². The molecule has 0 aliphatic carbocycles. The number of aliphatic hydroxyl groups is 1. The smallest absolute Gasteiger partial charge is 0.350 e. The molecule has 2 heterocycles. The van der Waals surface area contributed by atoms with E-state index >= 15 is 0 Å². The van der Waals surface area contributed by atoms with Crippen molar-refractivity contribution in [2.45, 2.75) is 13.0 Å². The summed E-state index contributed by atoms with van der Waals surface area (Å²) in [6.45, 7) is 1.62. The number of aromatic nitrogens is 1. The van der Waals surface area contributed by atoms with Crippen LogP contribution in [-0.4, -0.2) is 34.9 Å². The molecule has 168 valence electrons. The largest absolute Gasteiger partial charge is 0.507 e. The number of ether oxygens (including phenoxy) is 1. The summed E-state index contributed by atoms with van der Waals surface area (Å²) in [5.41, 5.74) is 1.19. The van der Waals surface area contributed by atoms with Crippen LogP contribution in [0.2, 0.25) is 5.02 Å². The highest BCUT2D eigenvalue weighted by Crippen LogP contribution is 2.44. The maximum Gasteiger partial charge on any atom is 0.350 e. The van der Waals surface area contributed by atoms with Crippen molar-refractivity contribution in [3.8, 4) is 0 Å². The van der Waals surface area contributed by atoms with Gasteiger partial charge in [-0.05, 0) is 48.9 Å². The minimum absolute atomic E-state index is 0.0899. The van der Waals surface area contributed by atoms with Gasteiger partial charge in [0.1, 0.15) is 10.6 Å². The highest BCUT2D eigenvalue weighted by molar-refractivity contribution is 9.10. The lowest BCUT2D eigenvalue weighted by Gasteiger charge is -2.23. The van der Waals surface area contributed by atoms with E-state index in [-0.39, 0.29) is 21.3 Å². The Balaban J connectivity index is 1.94. The summed E-state index contributed by atoms with van der Waals surface area (Å²) in [6.07, 6.45) is 0. The third kappa shape index (κ3) is 4.19. The van der Waals surface area contributed by atoms with E-state index < -0.39 is 23.7 Å². The number of benzene rings is 2. The van der Waals surface area contributed by atoms with E-state index in [4.69, 9.17) is 16.3 Å². The normalized spacial score (nSPS) is 17.5. The van der Waals surface area contributed by atoms with Gasteiger partial charge < -0.3 is 9.84 Å². The summed E-state index contributed by atoms with van der Waals surface area (Å²) in [5.74, 6) is -2.65. The molecule has 10 heteroatoms. The van der Waals surface area contributed by atoms with E-state index in [0.717, 1.165) is 15.8 Å². The zero-order valence-electron chi connectivity index (χ0n) is 17.3. The second-order valence-electron chi connectivity index (χ2n) is 7.13. The number of amides is 1. The fourth-order valence-corrected chi connectivity index (χ4v) is 5.11. The highest BCUT2D eigenvalue weighted by Gasteiger charge is 2.48. The number of hydrogen-bond donors (Lipinski definition) is 1. The van der Waals surface area contributed by atoms with Crippen LogP contribution in [-0.2, 0) is 14.3 Å². The number of rotatable bonds is 4. The molecule has 1 amide bonds. The second-order valence-corrected chi connectivity index (χ2v) is 9.46. The van der Waals surface area contributed by atoms with Crippen molar-refractivity contribution in [3.63, 3.8) is 0 Å². The summed E-state index contributed by atoms with van der Waals surface area (Å²) in [6, 6.07) is 12.4. The van der Waals surface area contributed by atoms with E-state index in [1.807, 2.05) is 0 Å². The SMILES string of the molecule is COC(=O)c1sc(N2C(=O)C(=O)C(=C(O)c3ccc(Cl)cc3)C2c2cccc(Br)c2)nc1C. The predicted molar refractivity (Wildman–Crippen MR) is 129 cm³/mol. The van der Waals surface area contributed by atoms with Crippen molar-refractivity contribution < 1.29 is 24.2 Å². The molecule has 1 aliphatic rings. The summed E-state index contributed by atoms with van der Waals surface area (Å²) >= 11 is 10.3. The molecule has 1 N–H and O–H groups in total. The average Bonchev–Trinajstić information content (AvgIpc) is 3.30. The zero-order chi connectivity index (χ0) is 23.9. The fraction of sp³-hybridized carbons (Fsp3) is 0.130. The number of esters is 1. The topological polar surface area (TPSA) is 96.8 Å². The molecule has 33 heavy (non-hydrogen) atoms. The van der Waals surface area contributed by atoms with E-state index in [2.05, 4.69) is 20.9 Å². The monoisotopic (exact) mass is 546 g/mol. The molecule has 3 aromatic rings. The number of aliphatic hydroxyl groups excluding tert-OH is 1. The first-order chi connectivity index (χ1) is 15.7. The van der Waals surface area contributed by atoms with Crippen LogP contribution in [0.5, 0.6) is 0 Å². The third-order valence-corrected chi connectivity index (χ3v) is 6.97. The molecular formula is C23H16BrClN2O5S. The van der Waals surface area contributed by atoms with E-state index in [0.29, 0.717) is 21.8 Å². The number of methoxy groups -OCH3 is 1. The van der Waals surface area contributed by atoms with Gasteiger partial charge in [0.2, 0.25) is 0 Å². The van der Waals surface area contributed by atoms with Crippen molar-refractivity contribution in [1.82, 2.24) is 4.98 Å². The summed E-state index contributed by atoms with van der Waals surface area (Å²) in [5, 5.41) is 11.7. The molecule has 1 fully saturated rings. The number of ketones is 1. The van der Waals surface area contributed by atoms with Gasteiger partial charge in [0.15, 0.2) is 5.13 Å². The maximum absolute atomic E-state index is 13.2. The first kappa shape index (κ1) is 23.2. The lowest BCUT2D eigenvalue weighted by Crippen LogP contribution is -2.29. The first-order valence-electron chi connectivity index (χ1n) is 9.61. The molecule has 0 radical (unpaired) electrons. The standard InChI is InChI=1S/C23H16BrClN2O5S/c1-11-20(22(31)32-2)33-23(26-11)27-17(13-4-3-5-14(24)10-13)16(19(29)21(27)30)18(28)12-6-8-15(25)9-7-12/h3-10,17,28H,1-2H3. The van der Waals surface area contributed by atoms with Crippen LogP contribution in [0.25, 0.3) is 5.76 Å². The predicted octanol–water partition coefficient (Wildman–Crippen LogP) is 5.28. The zero-order valence-corrected chi connectivity index (χ0v) is 20.5. The quantitative estimate of drug-likeness (QED) is 0.207. The first-order valence-corrected chi connectivity index (χ1v) is 11.6. The minimum Gasteiger partial charge on any atom is -0.507 e. The Morgan fingerprint density at radius 2 is 1.91 bits per heavy atom. The molecule has 0 bridgehead atoms. The van der Waals surface area contributed by atoms with E-state index in [1.165, 1.54) is 12.0 Å². The Morgan fingerprint density at radius 3 is 2.55 bits per heavy atom. The van der Waals surface area contributed by atoms with Gasteiger partial charge in [-0.3, -0.25) is 14.5 Å². The molecule has 1 unspecified atom stereocenters. The van der Waals surface area contributed by atoms with Crippen LogP contribution in [0, 0.1) is 6.92 Å². The van der Waals surface area contributed by atoms with Gasteiger partial charge in [0, 0.05) is 15.1 Å². The number of thiazole rings is 1. The van der Waals surface area contributed by atoms with E-state index in [9.17, 15) is 19.5 Å². The van der Waals surface area contributed by atoms with Crippen LogP contribution in [0.4, 0.5) is 5.13 Å². The Bertz CT molecular complexity index is 1320. The van der Waals surface area contributed by atoms with Crippen molar-refractivity contribution in [1.29, 1.82) is 0 Å². The Morgan fingerprint density at radius 1 is 1.21 bits per heavy atom. The van der Waals surface area contributed by atoms with Gasteiger partial charge in [-0.1, -0.05) is 51.0 Å². The molecule has 1 aliphatic heterocycles. The van der Waals surface area contributed by atoms with Crippen LogP contribution >= 0.6 is 38.9 Å². The molecule has 0 spiro atoms. The molecule has 2 aromatic carbocycles. The number of Topliss-reactive ketones (excluding diaryl/α,β-unsaturated/α-hetero) is 1. The van der Waals surface area contributed by atoms with Gasteiger partial charge in [0.25, 0.3) is 5.78 Å². The number of aryl methyl sites for hydroxylation is 1. The van der Waals surface area contributed by atoms with Gasteiger partial charge in [0.05, 0.1) is 24.4 Å². The number of halogens is 2. The lowest BCUT2D eigenvalue weighted by atomic mass is 9.95. The van der Waals surface area contributed by atoms with Gasteiger partial charge in [-0.15, -0.1) is 0 Å². The van der Waals surface area contributed by atoms with Gasteiger partial charge >= 0.3 is 11.9 Å². The van der Waals surface area contributed by atoms with Crippen LogP contribution in [0.3, 0.4) is 0 Å². The number of anilines is 1. The van der Waals surface area contributed by atoms with Gasteiger partial charge in [-0.2, -0.15) is 0 Å². The van der Waals surface area contributed by atoms with Crippen molar-refractivity contribution in [2.75, 3.05) is 12.0 Å². The number of carbonyl (C=O) groups excluding carboxylic acids is 3. The average molecular weight is 548 g/mol. The minimum atomic E-state index is -0.964. The molecule has 1 atom stereocenters.